The molecule has 2 fully saturated rings. The van der Waals surface area contributed by atoms with Crippen molar-refractivity contribution in [2.24, 2.45) is 0 Å². The van der Waals surface area contributed by atoms with Crippen LogP contribution in [0.5, 0.6) is 0 Å². The first-order chi connectivity index (χ1) is 17.7. The molecule has 1 aromatic carbocycles. The monoisotopic (exact) mass is 513 g/mol. The fourth-order valence-corrected chi connectivity index (χ4v) is 4.55. The zero-order valence-electron chi connectivity index (χ0n) is 20.1. The highest BCUT2D eigenvalue weighted by molar-refractivity contribution is 5.88. The quantitative estimate of drug-likeness (QED) is 0.353. The van der Waals surface area contributed by atoms with Gasteiger partial charge in [0.05, 0.1) is 36.1 Å². The molecular formula is C25H23F4N7O. The number of aromatic nitrogens is 6. The maximum Gasteiger partial charge on any atom is 0.416 e. The van der Waals surface area contributed by atoms with Gasteiger partial charge in [0.2, 0.25) is 5.95 Å². The molecule has 37 heavy (non-hydrogen) atoms. The molecule has 4 aromatic rings. The van der Waals surface area contributed by atoms with Crippen LogP contribution in [-0.4, -0.2) is 48.9 Å². The van der Waals surface area contributed by atoms with E-state index in [4.69, 9.17) is 4.74 Å². The largest absolute Gasteiger partial charge is 0.416 e. The van der Waals surface area contributed by atoms with E-state index in [0.717, 1.165) is 30.5 Å². The molecule has 3 aromatic heterocycles. The van der Waals surface area contributed by atoms with Crippen molar-refractivity contribution in [1.82, 2.24) is 29.7 Å². The Morgan fingerprint density at radius 1 is 1.05 bits per heavy atom. The Morgan fingerprint density at radius 2 is 1.86 bits per heavy atom. The van der Waals surface area contributed by atoms with Crippen molar-refractivity contribution < 1.29 is 22.3 Å². The molecule has 8 nitrogen and oxygen atoms in total. The van der Waals surface area contributed by atoms with Gasteiger partial charge in [-0.25, -0.2) is 19.3 Å². The van der Waals surface area contributed by atoms with Crippen LogP contribution in [0.2, 0.25) is 0 Å². The number of fused-ring (bicyclic) bond motifs is 1. The first-order valence-electron chi connectivity index (χ1n) is 12.0. The van der Waals surface area contributed by atoms with Gasteiger partial charge >= 0.3 is 6.18 Å². The number of anilines is 1. The van der Waals surface area contributed by atoms with E-state index in [2.05, 4.69) is 25.0 Å². The summed E-state index contributed by atoms with van der Waals surface area (Å²) in [5.74, 6) is -0.778. The number of nitrogens with zero attached hydrogens (tertiary/aromatic N) is 7. The summed E-state index contributed by atoms with van der Waals surface area (Å²) in [6.45, 7) is 4.57. The number of morpholine rings is 1. The van der Waals surface area contributed by atoms with E-state index in [1.165, 1.54) is 6.20 Å². The minimum absolute atomic E-state index is 0.0796. The van der Waals surface area contributed by atoms with Crippen molar-refractivity contribution in [3.63, 3.8) is 0 Å². The van der Waals surface area contributed by atoms with Crippen LogP contribution in [0.3, 0.4) is 0 Å². The molecule has 0 bridgehead atoms. The predicted molar refractivity (Wildman–Crippen MR) is 126 cm³/mol. The standard InChI is InChI=1S/C25H23F4N7O/c1-13-8-30-22-21(18-6-3-16(7-19(18)26)25(27,28)29)33-24(34-23(22)32-13)35-10-14(2)37-20(12-35)15-9-31-36(11-15)17-4-5-17/h3,6-9,11,14,17,20H,4-5,10,12H2,1-2H3. The minimum atomic E-state index is -4.67. The first-order valence-corrected chi connectivity index (χ1v) is 12.0. The van der Waals surface area contributed by atoms with E-state index in [1.807, 2.05) is 22.7 Å². The number of halogens is 4. The first kappa shape index (κ1) is 23.7. The minimum Gasteiger partial charge on any atom is -0.367 e. The van der Waals surface area contributed by atoms with Crippen molar-refractivity contribution >= 4 is 17.1 Å². The van der Waals surface area contributed by atoms with Crippen LogP contribution >= 0.6 is 0 Å². The van der Waals surface area contributed by atoms with Crippen LogP contribution in [0.1, 0.15) is 48.7 Å². The average molecular weight is 513 g/mol. The number of hydrogen-bond acceptors (Lipinski definition) is 7. The summed E-state index contributed by atoms with van der Waals surface area (Å²) >= 11 is 0. The van der Waals surface area contributed by atoms with Crippen molar-refractivity contribution in [1.29, 1.82) is 0 Å². The van der Waals surface area contributed by atoms with Gasteiger partial charge in [-0.05, 0) is 44.9 Å². The average Bonchev–Trinajstić information content (AvgIpc) is 3.58. The lowest BCUT2D eigenvalue weighted by molar-refractivity contribution is -0.137. The number of benzene rings is 1. The fraction of sp³-hybridized carbons (Fsp3) is 0.400. The second-order valence-electron chi connectivity index (χ2n) is 9.57. The lowest BCUT2D eigenvalue weighted by Crippen LogP contribution is -2.43. The van der Waals surface area contributed by atoms with E-state index in [0.29, 0.717) is 30.9 Å². The summed E-state index contributed by atoms with van der Waals surface area (Å²) in [5.41, 5.74) is 0.865. The van der Waals surface area contributed by atoms with E-state index in [1.54, 1.807) is 13.1 Å². The number of ether oxygens (including phenoxy) is 1. The molecular weight excluding hydrogens is 490 g/mol. The van der Waals surface area contributed by atoms with Crippen LogP contribution in [-0.2, 0) is 10.9 Å². The van der Waals surface area contributed by atoms with Gasteiger partial charge < -0.3 is 9.64 Å². The third-order valence-corrected chi connectivity index (χ3v) is 6.53. The van der Waals surface area contributed by atoms with Crippen molar-refractivity contribution in [3.05, 3.63) is 59.4 Å². The highest BCUT2D eigenvalue weighted by Crippen LogP contribution is 2.37. The van der Waals surface area contributed by atoms with E-state index in [9.17, 15) is 13.2 Å². The summed E-state index contributed by atoms with van der Waals surface area (Å²) in [6.07, 6.45) is 2.40. The summed E-state index contributed by atoms with van der Waals surface area (Å²) in [5, 5.41) is 4.46. The second kappa shape index (κ2) is 8.72. The van der Waals surface area contributed by atoms with Crippen LogP contribution in [0.15, 0.2) is 36.8 Å². The normalized spacial score (nSPS) is 20.5. The molecule has 0 N–H and O–H groups in total. The Bertz CT molecular complexity index is 1480. The lowest BCUT2D eigenvalue weighted by atomic mass is 10.1. The summed E-state index contributed by atoms with van der Waals surface area (Å²) in [4.78, 5) is 19.9. The van der Waals surface area contributed by atoms with Crippen LogP contribution in [0.4, 0.5) is 23.5 Å². The maximum atomic E-state index is 15.0. The van der Waals surface area contributed by atoms with Gasteiger partial charge in [-0.3, -0.25) is 4.68 Å². The zero-order valence-corrected chi connectivity index (χ0v) is 20.1. The predicted octanol–water partition coefficient (Wildman–Crippen LogP) is 5.05. The highest BCUT2D eigenvalue weighted by Gasteiger charge is 2.33. The van der Waals surface area contributed by atoms with E-state index < -0.39 is 17.6 Å². The number of aryl methyl sites for hydroxylation is 1. The molecule has 4 heterocycles. The fourth-order valence-electron chi connectivity index (χ4n) is 4.55. The molecule has 1 saturated carbocycles. The zero-order chi connectivity index (χ0) is 25.9. The van der Waals surface area contributed by atoms with Gasteiger partial charge in [-0.2, -0.15) is 23.3 Å². The van der Waals surface area contributed by atoms with Crippen molar-refractivity contribution in [2.45, 2.75) is 51.1 Å². The molecule has 12 heteroatoms. The van der Waals surface area contributed by atoms with Crippen molar-refractivity contribution in [3.8, 4) is 11.3 Å². The van der Waals surface area contributed by atoms with Gasteiger partial charge in [0.1, 0.15) is 23.1 Å². The van der Waals surface area contributed by atoms with Crippen LogP contribution < -0.4 is 4.90 Å². The molecule has 2 atom stereocenters. The SMILES string of the molecule is Cc1cnc2c(-c3ccc(C(F)(F)F)cc3F)nc(N3CC(C)OC(c4cnn(C5CC5)c4)C3)nc2n1. The topological polar surface area (TPSA) is 81.9 Å². The van der Waals surface area contributed by atoms with Crippen molar-refractivity contribution in [2.75, 3.05) is 18.0 Å². The van der Waals surface area contributed by atoms with E-state index in [-0.39, 0.29) is 40.6 Å². The molecule has 1 saturated heterocycles. The molecule has 1 aliphatic carbocycles. The lowest BCUT2D eigenvalue weighted by Gasteiger charge is -2.36. The van der Waals surface area contributed by atoms with Gasteiger partial charge in [0.25, 0.3) is 0 Å². The smallest absolute Gasteiger partial charge is 0.367 e. The van der Waals surface area contributed by atoms with E-state index >= 15 is 4.39 Å². The van der Waals surface area contributed by atoms with Gasteiger partial charge in [0.15, 0.2) is 5.65 Å². The second-order valence-corrected chi connectivity index (χ2v) is 9.57. The number of rotatable bonds is 4. The molecule has 2 aliphatic rings. The summed E-state index contributed by atoms with van der Waals surface area (Å²) in [7, 11) is 0. The Kier molecular flexibility index (Phi) is 5.59. The third kappa shape index (κ3) is 4.61. The van der Waals surface area contributed by atoms with Crippen LogP contribution in [0, 0.1) is 12.7 Å². The maximum absolute atomic E-state index is 15.0. The van der Waals surface area contributed by atoms with Gasteiger partial charge in [-0.1, -0.05) is 0 Å². The van der Waals surface area contributed by atoms with Gasteiger partial charge in [0, 0.05) is 30.1 Å². The molecule has 0 amide bonds. The third-order valence-electron chi connectivity index (χ3n) is 6.53. The number of alkyl halides is 3. The highest BCUT2D eigenvalue weighted by atomic mass is 19.4. The Labute approximate surface area is 209 Å². The Morgan fingerprint density at radius 3 is 2.59 bits per heavy atom. The molecule has 0 spiro atoms. The number of hydrogen-bond donors (Lipinski definition) is 0. The Hall–Kier alpha value is -3.67. The van der Waals surface area contributed by atoms with Gasteiger partial charge in [-0.15, -0.1) is 0 Å². The molecule has 6 rings (SSSR count). The molecule has 1 aliphatic heterocycles. The Balaban J connectivity index is 1.41. The summed E-state index contributed by atoms with van der Waals surface area (Å²) < 4.78 is 62.5. The molecule has 192 valence electrons. The van der Waals surface area contributed by atoms with Crippen LogP contribution in [0.25, 0.3) is 22.4 Å². The molecule has 0 radical (unpaired) electrons. The summed E-state index contributed by atoms with van der Waals surface area (Å²) in [6, 6.07) is 2.81. The molecule has 2 unspecified atom stereocenters.